The summed E-state index contributed by atoms with van der Waals surface area (Å²) in [6.45, 7) is 2.74. The molecule has 17 heteroatoms. The first-order valence-electron chi connectivity index (χ1n) is 24.0. The van der Waals surface area contributed by atoms with E-state index in [4.69, 9.17) is 18.5 Å². The van der Waals surface area contributed by atoms with Gasteiger partial charge in [0.25, 0.3) is 0 Å². The molecule has 0 aromatic carbocycles. The predicted molar refractivity (Wildman–Crippen MR) is 250 cm³/mol. The van der Waals surface area contributed by atoms with Gasteiger partial charge in [-0.15, -0.1) is 0 Å². The van der Waals surface area contributed by atoms with E-state index < -0.39 is 112 Å². The first-order chi connectivity index (χ1) is 31.6. The van der Waals surface area contributed by atoms with Crippen LogP contribution in [0.4, 0.5) is 0 Å². The van der Waals surface area contributed by atoms with Crippen LogP contribution in [0.25, 0.3) is 0 Å². The van der Waals surface area contributed by atoms with Crippen molar-refractivity contribution in [2.24, 2.45) is 11.8 Å². The van der Waals surface area contributed by atoms with E-state index in [-0.39, 0.29) is 19.3 Å². The van der Waals surface area contributed by atoms with Gasteiger partial charge in [-0.25, -0.2) is 4.57 Å². The van der Waals surface area contributed by atoms with Crippen LogP contribution in [0.5, 0.6) is 0 Å². The van der Waals surface area contributed by atoms with Crippen LogP contribution in [-0.4, -0.2) is 132 Å². The van der Waals surface area contributed by atoms with Gasteiger partial charge in [-0.2, -0.15) is 0 Å². The lowest BCUT2D eigenvalue weighted by atomic mass is 9.83. The number of aliphatic hydroxyl groups excluding tert-OH is 8. The number of hydrogen-bond acceptors (Lipinski definition) is 15. The summed E-state index contributed by atoms with van der Waals surface area (Å²) in [5.41, 5.74) is 0. The number of cyclic esters (lactones) is 1. The number of rotatable bonds is 24. The Balaban J connectivity index is 2.06. The van der Waals surface area contributed by atoms with Gasteiger partial charge < -0.3 is 55.2 Å². The van der Waals surface area contributed by atoms with Crippen molar-refractivity contribution in [3.63, 3.8) is 0 Å². The monoisotopic (exact) mass is 957 g/mol. The summed E-state index contributed by atoms with van der Waals surface area (Å²) in [6, 6.07) is 0. The summed E-state index contributed by atoms with van der Waals surface area (Å²) >= 11 is 0. The zero-order valence-corrected chi connectivity index (χ0v) is 39.9. The molecule has 2 bridgehead atoms. The van der Waals surface area contributed by atoms with Crippen LogP contribution < -0.4 is 0 Å². The fraction of sp³-hybridized carbons (Fsp3) is 0.714. The van der Waals surface area contributed by atoms with Crippen LogP contribution >= 0.6 is 7.82 Å². The van der Waals surface area contributed by atoms with Crippen LogP contribution in [0, 0.1) is 11.8 Å². The van der Waals surface area contributed by atoms with E-state index in [1.54, 1.807) is 0 Å². The molecule has 0 radical (unpaired) electrons. The number of carbonyl (C=O) groups is 2. The number of phosphoric acid groups is 1. The number of unbranched alkanes of at least 4 members (excludes halogenated alkanes) is 8. The Bertz CT molecular complexity index is 1560. The largest absolute Gasteiger partial charge is 0.472 e. The summed E-state index contributed by atoms with van der Waals surface area (Å²) in [6.07, 6.45) is 15.5. The molecule has 1 heterocycles. The van der Waals surface area contributed by atoms with Crippen molar-refractivity contribution in [3.05, 3.63) is 72.9 Å². The van der Waals surface area contributed by atoms with E-state index in [1.165, 1.54) is 43.6 Å². The molecule has 0 amide bonds. The Morgan fingerprint density at radius 1 is 0.758 bits per heavy atom. The summed E-state index contributed by atoms with van der Waals surface area (Å²) in [5, 5.41) is 89.5. The molecule has 0 aromatic rings. The molecule has 13 atom stereocenters. The van der Waals surface area contributed by atoms with Crippen molar-refractivity contribution >= 4 is 19.8 Å². The van der Waals surface area contributed by atoms with Crippen molar-refractivity contribution < 1.29 is 78.4 Å². The lowest BCUT2D eigenvalue weighted by Crippen LogP contribution is -2.55. The fourth-order valence-corrected chi connectivity index (χ4v) is 8.57. The first kappa shape index (κ1) is 59.3. The maximum Gasteiger partial charge on any atom is 0.472 e. The average Bonchev–Trinajstić information content (AvgIpc) is 3.28. The molecule has 16 nitrogen and oxygen atoms in total. The number of phosphoric ester groups is 1. The summed E-state index contributed by atoms with van der Waals surface area (Å²) in [7, 11) is -5.44. The van der Waals surface area contributed by atoms with E-state index >= 15 is 0 Å². The molecular formula is C49H81O16P. The van der Waals surface area contributed by atoms with Crippen LogP contribution in [0.1, 0.15) is 136 Å². The van der Waals surface area contributed by atoms with Crippen LogP contribution in [0.15, 0.2) is 72.9 Å². The molecule has 1 aliphatic heterocycles. The number of carbonyl (C=O) groups excluding carboxylic acids is 2. The molecule has 378 valence electrons. The average molecular weight is 957 g/mol. The van der Waals surface area contributed by atoms with Gasteiger partial charge in [-0.3, -0.25) is 18.6 Å². The zero-order valence-electron chi connectivity index (χ0n) is 39.0. The Morgan fingerprint density at radius 3 is 1.98 bits per heavy atom. The first-order valence-corrected chi connectivity index (χ1v) is 25.5. The molecule has 2 aliphatic rings. The highest BCUT2D eigenvalue weighted by atomic mass is 31.2. The minimum absolute atomic E-state index is 0.0597. The maximum atomic E-state index is 13.4. The van der Waals surface area contributed by atoms with Gasteiger partial charge in [0.05, 0.1) is 43.5 Å². The molecule has 2 rings (SSSR count). The highest BCUT2D eigenvalue weighted by Gasteiger charge is 2.49. The van der Waals surface area contributed by atoms with E-state index in [1.807, 2.05) is 6.92 Å². The lowest BCUT2D eigenvalue weighted by molar-refractivity contribution is -0.167. The smallest absolute Gasteiger partial charge is 0.462 e. The molecule has 1 unspecified atom stereocenters. The minimum Gasteiger partial charge on any atom is -0.462 e. The van der Waals surface area contributed by atoms with E-state index in [0.29, 0.717) is 19.3 Å². The summed E-state index contributed by atoms with van der Waals surface area (Å²) in [5.74, 6) is -4.29. The molecular weight excluding hydrogens is 875 g/mol. The van der Waals surface area contributed by atoms with Gasteiger partial charge in [0.1, 0.15) is 31.0 Å². The van der Waals surface area contributed by atoms with Crippen LogP contribution in [0.2, 0.25) is 0 Å². The number of ether oxygens (including phenoxy) is 2. The highest BCUT2D eigenvalue weighted by molar-refractivity contribution is 7.47. The number of fused-ring (bicyclic) bond motifs is 4. The summed E-state index contributed by atoms with van der Waals surface area (Å²) < 4.78 is 34.4. The van der Waals surface area contributed by atoms with Crippen molar-refractivity contribution in [1.29, 1.82) is 0 Å². The number of esters is 2. The van der Waals surface area contributed by atoms with Gasteiger partial charge in [-0.1, -0.05) is 125 Å². The fourth-order valence-electron chi connectivity index (χ4n) is 7.60. The third-order valence-electron chi connectivity index (χ3n) is 11.6. The Labute approximate surface area is 392 Å². The van der Waals surface area contributed by atoms with Crippen molar-refractivity contribution in [3.8, 4) is 0 Å². The normalized spacial score (nSPS) is 32.2. The Hall–Kier alpha value is -2.83. The standard InChI is InChI=1S/C49H81O16P/c1-3-5-7-8-9-10-11-12-13-14-15-16-17-18-19-20-21-22-24-29-42(53)62-34-37-35-63-66(60,61)65-49-47(58)45(56)39(32-31-36(50)27-23-6-4-2)41(52)33-40(51)38(44(55)46(57)48(49)59)28-25-26-30-43(54)64-37/h9-10,12-13,15-16,18-19,25-26,31-32,36-41,44-52,55-59H,3-8,11,14,17,20-24,27-30,33-35H2,1-2H3,(H,60,61)/b10-9-,13-12-,16-15-,19-18-,26-25-,32-31-/t36-,37-,38-,39+,40+,41-,44-,45-,46+,47-,48-,49-/m1/s1. The SMILES string of the molecule is CCCCC/C=C\C/C=C\C/C=C\C/C=C\CCCCCC(=O)OC[C@@H]1COP(=O)(O)O[C@H]2[C@H](O)[C@@H](O)[C@H](O)[C@H](C/C=C\CC(=O)O1)[C@@H](O)C[C@@H](O)[C@H](/C=C\[C@H](O)CCCCC)[C@@H](O)[C@H]2O. The van der Waals surface area contributed by atoms with Crippen LogP contribution in [0.3, 0.4) is 0 Å². The van der Waals surface area contributed by atoms with Gasteiger partial charge >= 0.3 is 19.8 Å². The van der Waals surface area contributed by atoms with Crippen molar-refractivity contribution in [1.82, 2.24) is 0 Å². The molecule has 1 saturated carbocycles. The highest BCUT2D eigenvalue weighted by Crippen LogP contribution is 2.47. The molecule has 0 saturated heterocycles. The minimum atomic E-state index is -5.44. The second-order valence-electron chi connectivity index (χ2n) is 17.2. The number of aliphatic hydroxyl groups is 8. The molecule has 9 N–H and O–H groups in total. The predicted octanol–water partition coefficient (Wildman–Crippen LogP) is 5.88. The Kier molecular flexibility index (Phi) is 31.0. The molecule has 1 fully saturated rings. The molecule has 0 aromatic heterocycles. The third kappa shape index (κ3) is 24.5. The topological polar surface area (TPSA) is 270 Å². The quantitative estimate of drug-likeness (QED) is 0.0237. The second kappa shape index (κ2) is 34.5. The molecule has 0 spiro atoms. The Morgan fingerprint density at radius 2 is 1.35 bits per heavy atom. The summed E-state index contributed by atoms with van der Waals surface area (Å²) in [4.78, 5) is 36.3. The zero-order chi connectivity index (χ0) is 48.7. The maximum absolute atomic E-state index is 13.4. The van der Waals surface area contributed by atoms with Crippen molar-refractivity contribution in [2.45, 2.75) is 197 Å². The number of allylic oxidation sites excluding steroid dienone is 9. The van der Waals surface area contributed by atoms with Gasteiger partial charge in [0.2, 0.25) is 0 Å². The van der Waals surface area contributed by atoms with Gasteiger partial charge in [-0.05, 0) is 64.2 Å². The lowest BCUT2D eigenvalue weighted by Gasteiger charge is -2.37. The van der Waals surface area contributed by atoms with Gasteiger partial charge in [0.15, 0.2) is 6.10 Å². The molecule has 1 aliphatic carbocycles. The third-order valence-corrected chi connectivity index (χ3v) is 12.6. The second-order valence-corrected chi connectivity index (χ2v) is 18.6. The van der Waals surface area contributed by atoms with E-state index in [9.17, 15) is 59.9 Å². The molecule has 66 heavy (non-hydrogen) atoms. The van der Waals surface area contributed by atoms with Crippen LogP contribution in [-0.2, 0) is 32.7 Å². The van der Waals surface area contributed by atoms with Crippen molar-refractivity contribution in [2.75, 3.05) is 13.2 Å². The van der Waals surface area contributed by atoms with E-state index in [2.05, 4.69) is 55.5 Å². The van der Waals surface area contributed by atoms with E-state index in [0.717, 1.165) is 57.8 Å². The van der Waals surface area contributed by atoms with Gasteiger partial charge in [0, 0.05) is 24.7 Å². The number of hydrogen-bond donors (Lipinski definition) is 9.